The monoisotopic (exact) mass is 262 g/mol. The lowest BCUT2D eigenvalue weighted by atomic mass is 10.1. The fourth-order valence-corrected chi connectivity index (χ4v) is 2.09. The summed E-state index contributed by atoms with van der Waals surface area (Å²) >= 11 is 0. The predicted molar refractivity (Wildman–Crippen MR) is 77.4 cm³/mol. The van der Waals surface area contributed by atoms with E-state index in [-0.39, 0.29) is 0 Å². The summed E-state index contributed by atoms with van der Waals surface area (Å²) in [5.74, 6) is 1.64. The molecule has 0 saturated heterocycles. The first-order chi connectivity index (χ1) is 9.33. The first kappa shape index (κ1) is 13.7. The number of nitrogens with one attached hydrogen (secondary N) is 1. The molecule has 2 rings (SSSR count). The lowest BCUT2D eigenvalue weighted by Crippen LogP contribution is -2.26. The van der Waals surface area contributed by atoms with Gasteiger partial charge < -0.3 is 14.8 Å². The minimum atomic E-state index is 0.400. The van der Waals surface area contributed by atoms with E-state index in [0.717, 1.165) is 43.9 Å². The van der Waals surface area contributed by atoms with Gasteiger partial charge in [-0.2, -0.15) is 0 Å². The number of rotatable bonds is 7. The molecular formula is C15H22N2O2. The van der Waals surface area contributed by atoms with Crippen LogP contribution in [0.5, 0.6) is 11.5 Å². The average molecular weight is 262 g/mol. The van der Waals surface area contributed by atoms with Crippen LogP contribution in [-0.4, -0.2) is 32.6 Å². The van der Waals surface area contributed by atoms with Crippen molar-refractivity contribution in [3.8, 4) is 11.5 Å². The van der Waals surface area contributed by atoms with E-state index >= 15 is 0 Å². The molecule has 1 aliphatic heterocycles. The Kier molecular flexibility index (Phi) is 5.07. The molecule has 1 unspecified atom stereocenters. The average Bonchev–Trinajstić information content (AvgIpc) is 2.92. The maximum Gasteiger partial charge on any atom is 0.161 e. The van der Waals surface area contributed by atoms with Crippen LogP contribution in [-0.2, 0) is 6.42 Å². The Morgan fingerprint density at radius 2 is 2.26 bits per heavy atom. The number of hydrogen-bond acceptors (Lipinski definition) is 4. The second-order valence-corrected chi connectivity index (χ2v) is 4.75. The van der Waals surface area contributed by atoms with Crippen LogP contribution in [0.2, 0.25) is 0 Å². The summed E-state index contributed by atoms with van der Waals surface area (Å²) in [5.41, 5.74) is 1.25. The quantitative estimate of drug-likeness (QED) is 0.767. The van der Waals surface area contributed by atoms with Crippen LogP contribution in [0.1, 0.15) is 25.3 Å². The fraction of sp³-hybridized carbons (Fsp3) is 0.533. The summed E-state index contributed by atoms with van der Waals surface area (Å²) in [6.45, 7) is 3.74. The zero-order valence-electron chi connectivity index (χ0n) is 11.7. The number of benzene rings is 1. The summed E-state index contributed by atoms with van der Waals surface area (Å²) in [6, 6.07) is 6.55. The molecule has 0 radical (unpaired) electrons. The van der Waals surface area contributed by atoms with Crippen molar-refractivity contribution in [2.24, 2.45) is 4.99 Å². The van der Waals surface area contributed by atoms with E-state index in [1.54, 1.807) is 13.4 Å². The van der Waals surface area contributed by atoms with Crippen molar-refractivity contribution >= 4 is 6.34 Å². The zero-order chi connectivity index (χ0) is 13.5. The van der Waals surface area contributed by atoms with Gasteiger partial charge in [0, 0.05) is 0 Å². The lowest BCUT2D eigenvalue weighted by Gasteiger charge is -2.14. The molecule has 1 aliphatic rings. The highest BCUT2D eigenvalue weighted by Gasteiger charge is 2.13. The Balaban J connectivity index is 2.01. The summed E-state index contributed by atoms with van der Waals surface area (Å²) in [5, 5.41) is 3.24. The summed E-state index contributed by atoms with van der Waals surface area (Å²) < 4.78 is 11.1. The van der Waals surface area contributed by atoms with Crippen LogP contribution in [0.15, 0.2) is 23.2 Å². The standard InChI is InChI=1S/C15H22N2O2/c1-3-4-7-19-15-9-12(5-6-14(15)18-2)8-13-10-16-11-17-13/h5-6,9,11,13H,3-4,7-8,10H2,1-2H3,(H,16,17). The smallest absolute Gasteiger partial charge is 0.161 e. The van der Waals surface area contributed by atoms with Crippen molar-refractivity contribution in [3.63, 3.8) is 0 Å². The summed E-state index contributed by atoms with van der Waals surface area (Å²) in [6.07, 6.45) is 4.93. The molecule has 104 valence electrons. The van der Waals surface area contributed by atoms with Gasteiger partial charge in [0.2, 0.25) is 0 Å². The number of nitrogens with zero attached hydrogens (tertiary/aromatic N) is 1. The molecule has 0 aromatic heterocycles. The third-order valence-corrected chi connectivity index (χ3v) is 3.19. The first-order valence-electron chi connectivity index (χ1n) is 6.87. The van der Waals surface area contributed by atoms with Gasteiger partial charge in [-0.1, -0.05) is 19.4 Å². The molecule has 4 nitrogen and oxygen atoms in total. The van der Waals surface area contributed by atoms with Gasteiger partial charge in [0.25, 0.3) is 0 Å². The molecule has 1 N–H and O–H groups in total. The Bertz CT molecular complexity index is 424. The first-order valence-corrected chi connectivity index (χ1v) is 6.87. The van der Waals surface area contributed by atoms with Crippen molar-refractivity contribution in [2.45, 2.75) is 32.2 Å². The van der Waals surface area contributed by atoms with E-state index in [4.69, 9.17) is 9.47 Å². The van der Waals surface area contributed by atoms with Gasteiger partial charge in [0.05, 0.1) is 32.6 Å². The predicted octanol–water partition coefficient (Wildman–Crippen LogP) is 2.42. The lowest BCUT2D eigenvalue weighted by molar-refractivity contribution is 0.288. The van der Waals surface area contributed by atoms with Crippen LogP contribution in [0.4, 0.5) is 0 Å². The van der Waals surface area contributed by atoms with Gasteiger partial charge in [-0.25, -0.2) is 0 Å². The van der Waals surface area contributed by atoms with Gasteiger partial charge in [0.1, 0.15) is 0 Å². The van der Waals surface area contributed by atoms with Crippen molar-refractivity contribution in [1.82, 2.24) is 5.32 Å². The highest BCUT2D eigenvalue weighted by Crippen LogP contribution is 2.28. The van der Waals surface area contributed by atoms with E-state index in [1.807, 2.05) is 6.07 Å². The summed E-state index contributed by atoms with van der Waals surface area (Å²) in [4.78, 5) is 4.19. The fourth-order valence-electron chi connectivity index (χ4n) is 2.09. The van der Waals surface area contributed by atoms with Crippen molar-refractivity contribution < 1.29 is 9.47 Å². The van der Waals surface area contributed by atoms with E-state index in [2.05, 4.69) is 29.4 Å². The van der Waals surface area contributed by atoms with Crippen LogP contribution >= 0.6 is 0 Å². The van der Waals surface area contributed by atoms with Crippen LogP contribution in [0.3, 0.4) is 0 Å². The Morgan fingerprint density at radius 3 is 2.95 bits per heavy atom. The molecule has 0 spiro atoms. The number of methoxy groups -OCH3 is 1. The highest BCUT2D eigenvalue weighted by molar-refractivity contribution is 5.57. The maximum absolute atomic E-state index is 5.80. The molecule has 1 atom stereocenters. The molecule has 0 bridgehead atoms. The van der Waals surface area contributed by atoms with Crippen molar-refractivity contribution in [2.75, 3.05) is 20.3 Å². The van der Waals surface area contributed by atoms with Crippen molar-refractivity contribution in [1.29, 1.82) is 0 Å². The molecule has 1 aromatic rings. The SMILES string of the molecule is CCCCOc1cc(CC2CN=CN2)ccc1OC. The molecule has 1 aromatic carbocycles. The van der Waals surface area contributed by atoms with Gasteiger partial charge >= 0.3 is 0 Å². The topological polar surface area (TPSA) is 42.8 Å². The van der Waals surface area contributed by atoms with E-state index < -0.39 is 0 Å². The van der Waals surface area contributed by atoms with Crippen LogP contribution in [0, 0.1) is 0 Å². The number of aliphatic imine (C=N–C) groups is 1. The molecule has 1 heterocycles. The van der Waals surface area contributed by atoms with Crippen molar-refractivity contribution in [3.05, 3.63) is 23.8 Å². The normalized spacial score (nSPS) is 17.3. The van der Waals surface area contributed by atoms with Gasteiger partial charge in [0.15, 0.2) is 11.5 Å². The number of ether oxygens (including phenoxy) is 2. The van der Waals surface area contributed by atoms with Crippen LogP contribution in [0.25, 0.3) is 0 Å². The molecule has 0 aliphatic carbocycles. The van der Waals surface area contributed by atoms with Gasteiger partial charge in [-0.15, -0.1) is 0 Å². The third kappa shape index (κ3) is 3.88. The molecule has 0 fully saturated rings. The van der Waals surface area contributed by atoms with Gasteiger partial charge in [-0.3, -0.25) is 4.99 Å². The largest absolute Gasteiger partial charge is 0.493 e. The van der Waals surface area contributed by atoms with Gasteiger partial charge in [-0.05, 0) is 30.5 Å². The molecule has 0 amide bonds. The zero-order valence-corrected chi connectivity index (χ0v) is 11.7. The third-order valence-electron chi connectivity index (χ3n) is 3.19. The Morgan fingerprint density at radius 1 is 1.37 bits per heavy atom. The molecule has 19 heavy (non-hydrogen) atoms. The second-order valence-electron chi connectivity index (χ2n) is 4.75. The molecule has 0 saturated carbocycles. The van der Waals surface area contributed by atoms with Crippen LogP contribution < -0.4 is 14.8 Å². The second kappa shape index (κ2) is 7.02. The maximum atomic E-state index is 5.80. The number of hydrogen-bond donors (Lipinski definition) is 1. The van der Waals surface area contributed by atoms with E-state index in [0.29, 0.717) is 6.04 Å². The minimum absolute atomic E-state index is 0.400. The Hall–Kier alpha value is -1.71. The van der Waals surface area contributed by atoms with E-state index in [9.17, 15) is 0 Å². The molecule has 4 heteroatoms. The molecular weight excluding hydrogens is 240 g/mol. The highest BCUT2D eigenvalue weighted by atomic mass is 16.5. The summed E-state index contributed by atoms with van der Waals surface area (Å²) in [7, 11) is 1.67. The minimum Gasteiger partial charge on any atom is -0.493 e. The number of unbranched alkanes of at least 4 members (excludes halogenated alkanes) is 1. The Labute approximate surface area is 114 Å². The van der Waals surface area contributed by atoms with E-state index in [1.165, 1.54) is 5.56 Å².